The zero-order valence-electron chi connectivity index (χ0n) is 15.9. The topological polar surface area (TPSA) is 101 Å². The highest BCUT2D eigenvalue weighted by Crippen LogP contribution is 2.12. The quantitative estimate of drug-likeness (QED) is 0.640. The molecule has 148 valence electrons. The van der Waals surface area contributed by atoms with Crippen molar-refractivity contribution in [3.63, 3.8) is 0 Å². The van der Waals surface area contributed by atoms with Gasteiger partial charge < -0.3 is 16.4 Å². The highest BCUT2D eigenvalue weighted by molar-refractivity contribution is 5.91. The summed E-state index contributed by atoms with van der Waals surface area (Å²) in [5, 5.41) is 5.09. The van der Waals surface area contributed by atoms with Crippen LogP contribution in [0.5, 0.6) is 0 Å². The second kappa shape index (κ2) is 9.64. The lowest BCUT2D eigenvalue weighted by molar-refractivity contribution is -0.130. The Bertz CT molecular complexity index is 869. The maximum atomic E-state index is 14.0. The number of primary amides is 1. The molecule has 7 heteroatoms. The van der Waals surface area contributed by atoms with Gasteiger partial charge in [0.05, 0.1) is 0 Å². The fourth-order valence-corrected chi connectivity index (χ4v) is 2.89. The van der Waals surface area contributed by atoms with Gasteiger partial charge in [0.1, 0.15) is 17.9 Å². The summed E-state index contributed by atoms with van der Waals surface area (Å²) in [5.74, 6) is -2.21. The van der Waals surface area contributed by atoms with E-state index >= 15 is 0 Å². The average Bonchev–Trinajstić information content (AvgIpc) is 2.63. The fourth-order valence-electron chi connectivity index (χ4n) is 2.89. The third kappa shape index (κ3) is 5.90. The number of rotatable bonds is 8. The highest BCUT2D eigenvalue weighted by atomic mass is 19.1. The summed E-state index contributed by atoms with van der Waals surface area (Å²) in [6, 6.07) is 11.5. The lowest BCUT2D eigenvalue weighted by Crippen LogP contribution is -2.54. The lowest BCUT2D eigenvalue weighted by Gasteiger charge is -2.22. The summed E-state index contributed by atoms with van der Waals surface area (Å²) in [5.41, 5.74) is 7.58. The van der Waals surface area contributed by atoms with Gasteiger partial charge in [0.2, 0.25) is 17.7 Å². The molecule has 2 rings (SSSR count). The molecule has 0 spiro atoms. The molecule has 0 heterocycles. The van der Waals surface area contributed by atoms with E-state index in [2.05, 4.69) is 10.6 Å². The first-order chi connectivity index (χ1) is 13.3. The van der Waals surface area contributed by atoms with Gasteiger partial charge in [0.25, 0.3) is 0 Å². The monoisotopic (exact) mass is 385 g/mol. The number of halogens is 1. The highest BCUT2D eigenvalue weighted by Gasteiger charge is 2.26. The normalized spacial score (nSPS) is 12.7. The van der Waals surface area contributed by atoms with Crippen LogP contribution in [-0.2, 0) is 27.2 Å². The molecular weight excluding hydrogens is 361 g/mol. The number of hydrogen-bond acceptors (Lipinski definition) is 3. The first-order valence-electron chi connectivity index (χ1n) is 8.92. The van der Waals surface area contributed by atoms with E-state index in [1.165, 1.54) is 25.1 Å². The van der Waals surface area contributed by atoms with Crippen LogP contribution in [0.1, 0.15) is 23.6 Å². The third-order valence-electron chi connectivity index (χ3n) is 4.42. The van der Waals surface area contributed by atoms with Gasteiger partial charge in [0, 0.05) is 19.8 Å². The summed E-state index contributed by atoms with van der Waals surface area (Å²) < 4.78 is 14.0. The van der Waals surface area contributed by atoms with Gasteiger partial charge in [-0.15, -0.1) is 0 Å². The van der Waals surface area contributed by atoms with Crippen molar-refractivity contribution in [1.29, 1.82) is 0 Å². The summed E-state index contributed by atoms with van der Waals surface area (Å²) in [6.45, 7) is 3.16. The number of aryl methyl sites for hydroxylation is 1. The van der Waals surface area contributed by atoms with Crippen molar-refractivity contribution in [2.75, 3.05) is 0 Å². The number of carbonyl (C=O) groups excluding carboxylic acids is 3. The van der Waals surface area contributed by atoms with E-state index in [1.54, 1.807) is 6.07 Å². The Hall–Kier alpha value is -3.22. The van der Waals surface area contributed by atoms with Crippen LogP contribution < -0.4 is 16.4 Å². The SMILES string of the molecule is CC(=O)N[C@H](Cc1ccccc1F)C(=O)N[C@H](Cc1ccccc1C)C(N)=O. The predicted molar refractivity (Wildman–Crippen MR) is 104 cm³/mol. The second-order valence-corrected chi connectivity index (χ2v) is 6.64. The Morgan fingerprint density at radius 2 is 1.50 bits per heavy atom. The van der Waals surface area contributed by atoms with Crippen LogP contribution in [0.25, 0.3) is 0 Å². The number of hydrogen-bond donors (Lipinski definition) is 3. The van der Waals surface area contributed by atoms with Gasteiger partial charge in [-0.25, -0.2) is 4.39 Å². The fraction of sp³-hybridized carbons (Fsp3) is 0.286. The van der Waals surface area contributed by atoms with Crippen molar-refractivity contribution in [1.82, 2.24) is 10.6 Å². The molecule has 2 aromatic rings. The van der Waals surface area contributed by atoms with Crippen LogP contribution in [-0.4, -0.2) is 29.8 Å². The molecule has 0 unspecified atom stereocenters. The van der Waals surface area contributed by atoms with Crippen LogP contribution in [0.15, 0.2) is 48.5 Å². The van der Waals surface area contributed by atoms with Gasteiger partial charge in [-0.1, -0.05) is 42.5 Å². The number of amides is 3. The molecule has 0 saturated heterocycles. The first kappa shape index (κ1) is 21.1. The maximum absolute atomic E-state index is 14.0. The van der Waals surface area contributed by atoms with E-state index < -0.39 is 35.6 Å². The van der Waals surface area contributed by atoms with E-state index in [4.69, 9.17) is 5.73 Å². The third-order valence-corrected chi connectivity index (χ3v) is 4.42. The van der Waals surface area contributed by atoms with Crippen LogP contribution in [0.2, 0.25) is 0 Å². The van der Waals surface area contributed by atoms with Crippen molar-refractivity contribution < 1.29 is 18.8 Å². The molecule has 0 aliphatic rings. The zero-order chi connectivity index (χ0) is 20.7. The molecule has 0 aromatic heterocycles. The molecule has 0 fully saturated rings. The molecule has 6 nitrogen and oxygen atoms in total. The molecule has 0 saturated carbocycles. The van der Waals surface area contributed by atoms with Crippen LogP contribution in [0.4, 0.5) is 4.39 Å². The lowest BCUT2D eigenvalue weighted by atomic mass is 9.99. The van der Waals surface area contributed by atoms with E-state index in [9.17, 15) is 18.8 Å². The Morgan fingerprint density at radius 3 is 2.07 bits per heavy atom. The molecule has 2 atom stereocenters. The first-order valence-corrected chi connectivity index (χ1v) is 8.92. The zero-order valence-corrected chi connectivity index (χ0v) is 15.9. The van der Waals surface area contributed by atoms with E-state index in [1.807, 2.05) is 31.2 Å². The Balaban J connectivity index is 2.17. The van der Waals surface area contributed by atoms with E-state index in [0.29, 0.717) is 0 Å². The van der Waals surface area contributed by atoms with Crippen LogP contribution >= 0.6 is 0 Å². The van der Waals surface area contributed by atoms with Crippen molar-refractivity contribution >= 4 is 17.7 Å². The van der Waals surface area contributed by atoms with Crippen LogP contribution in [0.3, 0.4) is 0 Å². The average molecular weight is 385 g/mol. The molecular formula is C21H24FN3O3. The molecule has 0 aliphatic carbocycles. The van der Waals surface area contributed by atoms with Crippen molar-refractivity contribution in [3.8, 4) is 0 Å². The van der Waals surface area contributed by atoms with Gasteiger partial charge >= 0.3 is 0 Å². The Morgan fingerprint density at radius 1 is 0.929 bits per heavy atom. The van der Waals surface area contributed by atoms with Gasteiger partial charge in [-0.2, -0.15) is 0 Å². The van der Waals surface area contributed by atoms with Gasteiger partial charge in [0.15, 0.2) is 0 Å². The minimum absolute atomic E-state index is 0.0477. The minimum Gasteiger partial charge on any atom is -0.368 e. The molecule has 2 aromatic carbocycles. The standard InChI is InChI=1S/C21H24FN3O3/c1-13-7-3-4-8-15(13)11-18(20(23)27)25-21(28)19(24-14(2)26)12-16-9-5-6-10-17(16)22/h3-10,18-19H,11-12H2,1-2H3,(H2,23,27)(H,24,26)(H,25,28)/t18-,19-/m1/s1. The van der Waals surface area contributed by atoms with Crippen molar-refractivity contribution in [2.45, 2.75) is 38.8 Å². The van der Waals surface area contributed by atoms with Crippen molar-refractivity contribution in [2.24, 2.45) is 5.73 Å². The summed E-state index contributed by atoms with van der Waals surface area (Å²) in [7, 11) is 0. The molecule has 28 heavy (non-hydrogen) atoms. The largest absolute Gasteiger partial charge is 0.368 e. The number of nitrogens with one attached hydrogen (secondary N) is 2. The minimum atomic E-state index is -1.03. The van der Waals surface area contributed by atoms with Crippen molar-refractivity contribution in [3.05, 3.63) is 71.0 Å². The predicted octanol–water partition coefficient (Wildman–Crippen LogP) is 1.39. The second-order valence-electron chi connectivity index (χ2n) is 6.64. The summed E-state index contributed by atoms with van der Waals surface area (Å²) in [4.78, 5) is 36.1. The molecule has 0 bridgehead atoms. The van der Waals surface area contributed by atoms with E-state index in [-0.39, 0.29) is 18.4 Å². The Labute approximate surface area is 163 Å². The number of benzene rings is 2. The molecule has 3 amide bonds. The van der Waals surface area contributed by atoms with E-state index in [0.717, 1.165) is 11.1 Å². The Kier molecular flexibility index (Phi) is 7.26. The van der Waals surface area contributed by atoms with Crippen LogP contribution in [0, 0.1) is 12.7 Å². The molecule has 0 aliphatic heterocycles. The van der Waals surface area contributed by atoms with Gasteiger partial charge in [-0.05, 0) is 29.7 Å². The summed E-state index contributed by atoms with van der Waals surface area (Å²) >= 11 is 0. The molecule has 4 N–H and O–H groups in total. The number of carbonyl (C=O) groups is 3. The number of nitrogens with two attached hydrogens (primary N) is 1. The van der Waals surface area contributed by atoms with Gasteiger partial charge in [-0.3, -0.25) is 14.4 Å². The smallest absolute Gasteiger partial charge is 0.243 e. The summed E-state index contributed by atoms with van der Waals surface area (Å²) in [6.07, 6.45) is 0.175. The maximum Gasteiger partial charge on any atom is 0.243 e. The molecule has 0 radical (unpaired) electrons.